The second kappa shape index (κ2) is 10.7. The van der Waals surface area contributed by atoms with Gasteiger partial charge in [-0.05, 0) is 48.7 Å². The van der Waals surface area contributed by atoms with E-state index in [1.54, 1.807) is 18.2 Å². The number of carbonyl (C=O) groups is 2. The molecule has 3 unspecified atom stereocenters. The van der Waals surface area contributed by atoms with Gasteiger partial charge in [0.05, 0.1) is 10.9 Å². The molecule has 5 rings (SSSR count). The summed E-state index contributed by atoms with van der Waals surface area (Å²) in [4.78, 5) is 29.7. The lowest BCUT2D eigenvalue weighted by molar-refractivity contribution is -0.134. The Labute approximate surface area is 215 Å². The monoisotopic (exact) mass is 516 g/mol. The molecular weight excluding hydrogens is 487 g/mol. The zero-order valence-electron chi connectivity index (χ0n) is 19.5. The fourth-order valence-electron chi connectivity index (χ4n) is 5.23. The molecule has 2 aromatic rings. The molecule has 9 heteroatoms. The highest BCUT2D eigenvalue weighted by Crippen LogP contribution is 2.29. The van der Waals surface area contributed by atoms with Crippen LogP contribution in [0.2, 0.25) is 10.0 Å². The summed E-state index contributed by atoms with van der Waals surface area (Å²) in [5.41, 5.74) is 1.47. The Hall–Kier alpha value is -2.32. The van der Waals surface area contributed by atoms with E-state index in [0.717, 1.165) is 24.8 Å². The van der Waals surface area contributed by atoms with Crippen molar-refractivity contribution < 1.29 is 14.3 Å². The Morgan fingerprint density at radius 2 is 1.83 bits per heavy atom. The highest BCUT2D eigenvalue weighted by atomic mass is 35.5. The summed E-state index contributed by atoms with van der Waals surface area (Å²) in [6.45, 7) is 2.89. The Morgan fingerprint density at radius 1 is 1.03 bits per heavy atom. The summed E-state index contributed by atoms with van der Waals surface area (Å²) in [6.07, 6.45) is 4.15. The molecule has 2 aromatic carbocycles. The number of nitrogens with one attached hydrogen (secondary N) is 2. The van der Waals surface area contributed by atoms with E-state index in [4.69, 9.17) is 27.9 Å². The number of carbonyl (C=O) groups excluding carboxylic acids is 2. The van der Waals surface area contributed by atoms with Crippen LogP contribution in [-0.4, -0.2) is 60.1 Å². The van der Waals surface area contributed by atoms with Crippen LogP contribution < -0.4 is 15.4 Å². The number of rotatable bonds is 5. The quantitative estimate of drug-likeness (QED) is 0.630. The lowest BCUT2D eigenvalue weighted by atomic mass is 9.82. The van der Waals surface area contributed by atoms with Crippen LogP contribution in [0.3, 0.4) is 0 Å². The van der Waals surface area contributed by atoms with Gasteiger partial charge in [0, 0.05) is 42.8 Å². The molecular formula is C26H30Cl2N4O3. The number of benzene rings is 2. The number of amides is 2. The van der Waals surface area contributed by atoms with Crippen LogP contribution in [0.5, 0.6) is 5.75 Å². The summed E-state index contributed by atoms with van der Waals surface area (Å²) in [7, 11) is 0. The van der Waals surface area contributed by atoms with E-state index in [-0.39, 0.29) is 30.1 Å². The molecule has 2 heterocycles. The zero-order valence-corrected chi connectivity index (χ0v) is 21.0. The predicted octanol–water partition coefficient (Wildman–Crippen LogP) is 3.89. The lowest BCUT2D eigenvalue weighted by Crippen LogP contribution is -2.69. The maximum Gasteiger partial charge on any atom is 0.253 e. The van der Waals surface area contributed by atoms with Crippen LogP contribution >= 0.6 is 23.2 Å². The van der Waals surface area contributed by atoms with Gasteiger partial charge < -0.3 is 15.0 Å². The van der Waals surface area contributed by atoms with E-state index in [1.807, 2.05) is 29.2 Å². The molecule has 7 nitrogen and oxygen atoms in total. The summed E-state index contributed by atoms with van der Waals surface area (Å²) >= 11 is 12.5. The van der Waals surface area contributed by atoms with Gasteiger partial charge in [-0.3, -0.25) is 19.8 Å². The highest BCUT2D eigenvalue weighted by Gasteiger charge is 2.40. The minimum absolute atomic E-state index is 0.0547. The average molecular weight is 517 g/mol. The Balaban J connectivity index is 1.15. The van der Waals surface area contributed by atoms with E-state index in [9.17, 15) is 9.59 Å². The molecule has 1 saturated carbocycles. The molecule has 3 atom stereocenters. The van der Waals surface area contributed by atoms with Gasteiger partial charge in [0.1, 0.15) is 18.6 Å². The molecule has 2 saturated heterocycles. The van der Waals surface area contributed by atoms with Crippen molar-refractivity contribution >= 4 is 35.0 Å². The standard InChI is InChI=1S/C26H30Cl2N4O3/c27-19-5-3-4-17(14-19)16-35-23-9-8-18(15-21(23)28)25(34)31-10-12-32(13-11-31)26-29-22-7-2-1-6-20(22)24(33)30-26/h3-5,8-9,14-15,20,22,26,29H,1-2,6-7,10-13,16H2,(H,30,33). The van der Waals surface area contributed by atoms with Crippen LogP contribution in [0.4, 0.5) is 0 Å². The normalized spacial score (nSPS) is 25.0. The number of ether oxygens (including phenoxy) is 1. The minimum atomic E-state index is -0.163. The highest BCUT2D eigenvalue weighted by molar-refractivity contribution is 6.32. The first kappa shape index (κ1) is 24.4. The van der Waals surface area contributed by atoms with E-state index in [1.165, 1.54) is 6.42 Å². The maximum atomic E-state index is 13.1. The van der Waals surface area contributed by atoms with Gasteiger partial charge in [-0.1, -0.05) is 48.2 Å². The molecule has 1 aliphatic carbocycles. The third kappa shape index (κ3) is 5.59. The van der Waals surface area contributed by atoms with Crippen molar-refractivity contribution in [2.45, 2.75) is 44.6 Å². The van der Waals surface area contributed by atoms with Crippen molar-refractivity contribution in [2.75, 3.05) is 26.2 Å². The fourth-order valence-corrected chi connectivity index (χ4v) is 5.68. The topological polar surface area (TPSA) is 73.9 Å². The molecule has 2 N–H and O–H groups in total. The SMILES string of the molecule is O=C1NC(N2CCN(C(=O)c3ccc(OCc4cccc(Cl)c4)c(Cl)c3)CC2)NC2CCCCC12. The van der Waals surface area contributed by atoms with Crippen molar-refractivity contribution in [3.63, 3.8) is 0 Å². The van der Waals surface area contributed by atoms with Gasteiger partial charge in [0.2, 0.25) is 5.91 Å². The van der Waals surface area contributed by atoms with Crippen molar-refractivity contribution in [3.05, 3.63) is 63.6 Å². The van der Waals surface area contributed by atoms with Crippen molar-refractivity contribution in [3.8, 4) is 5.75 Å². The predicted molar refractivity (Wildman–Crippen MR) is 136 cm³/mol. The van der Waals surface area contributed by atoms with Crippen LogP contribution in [0.25, 0.3) is 0 Å². The third-order valence-electron chi connectivity index (χ3n) is 7.18. The molecule has 35 heavy (non-hydrogen) atoms. The van der Waals surface area contributed by atoms with Crippen molar-refractivity contribution in [2.24, 2.45) is 5.92 Å². The maximum absolute atomic E-state index is 13.1. The molecule has 3 fully saturated rings. The van der Waals surface area contributed by atoms with Crippen molar-refractivity contribution in [1.82, 2.24) is 20.4 Å². The minimum Gasteiger partial charge on any atom is -0.487 e. The molecule has 0 aromatic heterocycles. The Bertz CT molecular complexity index is 1090. The van der Waals surface area contributed by atoms with Crippen molar-refractivity contribution in [1.29, 1.82) is 0 Å². The van der Waals surface area contributed by atoms with Crippen LogP contribution in [0.15, 0.2) is 42.5 Å². The zero-order chi connectivity index (χ0) is 24.4. The summed E-state index contributed by atoms with van der Waals surface area (Å²) in [5.74, 6) is 0.711. The first-order valence-corrected chi connectivity index (χ1v) is 13.0. The smallest absolute Gasteiger partial charge is 0.253 e. The van der Waals surface area contributed by atoms with Gasteiger partial charge in [0.25, 0.3) is 5.91 Å². The number of nitrogens with zero attached hydrogens (tertiary/aromatic N) is 2. The average Bonchev–Trinajstić information content (AvgIpc) is 2.87. The van der Waals surface area contributed by atoms with Crippen LogP contribution in [0.1, 0.15) is 41.6 Å². The summed E-state index contributed by atoms with van der Waals surface area (Å²) < 4.78 is 5.82. The third-order valence-corrected chi connectivity index (χ3v) is 7.71. The fraction of sp³-hybridized carbons (Fsp3) is 0.462. The number of piperazine rings is 1. The molecule has 186 valence electrons. The lowest BCUT2D eigenvalue weighted by Gasteiger charge is -2.46. The number of hydrogen-bond donors (Lipinski definition) is 2. The van der Waals surface area contributed by atoms with Gasteiger partial charge >= 0.3 is 0 Å². The molecule has 3 aliphatic rings. The Kier molecular flexibility index (Phi) is 7.48. The molecule has 0 radical (unpaired) electrons. The van der Waals surface area contributed by atoms with Gasteiger partial charge in [0.15, 0.2) is 0 Å². The molecule has 2 amide bonds. The first-order chi connectivity index (χ1) is 17.0. The van der Waals surface area contributed by atoms with E-state index in [2.05, 4.69) is 15.5 Å². The number of fused-ring (bicyclic) bond motifs is 1. The van der Waals surface area contributed by atoms with Crippen LogP contribution in [0, 0.1) is 5.92 Å². The second-order valence-electron chi connectivity index (χ2n) is 9.47. The summed E-state index contributed by atoms with van der Waals surface area (Å²) in [5, 5.41) is 7.81. The molecule has 2 aliphatic heterocycles. The second-order valence-corrected chi connectivity index (χ2v) is 10.3. The van der Waals surface area contributed by atoms with Gasteiger partial charge in [-0.2, -0.15) is 0 Å². The van der Waals surface area contributed by atoms with Gasteiger partial charge in [-0.25, -0.2) is 0 Å². The van der Waals surface area contributed by atoms with E-state index >= 15 is 0 Å². The summed E-state index contributed by atoms with van der Waals surface area (Å²) in [6, 6.07) is 12.9. The molecule has 0 spiro atoms. The first-order valence-electron chi connectivity index (χ1n) is 12.2. The van der Waals surface area contributed by atoms with E-state index in [0.29, 0.717) is 54.1 Å². The number of hydrogen-bond acceptors (Lipinski definition) is 5. The Morgan fingerprint density at radius 3 is 2.60 bits per heavy atom. The van der Waals surface area contributed by atoms with E-state index < -0.39 is 0 Å². The molecule has 0 bridgehead atoms. The number of halogens is 2. The van der Waals surface area contributed by atoms with Crippen LogP contribution in [-0.2, 0) is 11.4 Å². The largest absolute Gasteiger partial charge is 0.487 e. The van der Waals surface area contributed by atoms with Gasteiger partial charge in [-0.15, -0.1) is 0 Å².